The van der Waals surface area contributed by atoms with Crippen molar-refractivity contribution in [3.05, 3.63) is 54.1 Å². The molecular weight excluding hydrogens is 384 g/mol. The lowest BCUT2D eigenvalue weighted by Crippen LogP contribution is -2.40. The highest BCUT2D eigenvalue weighted by Crippen LogP contribution is 2.15. The molecule has 150 valence electrons. The third-order valence-electron chi connectivity index (χ3n) is 3.74. The van der Waals surface area contributed by atoms with Crippen molar-refractivity contribution in [1.29, 1.82) is 0 Å². The predicted octanol–water partition coefficient (Wildman–Crippen LogP) is 1.85. The minimum absolute atomic E-state index is 0.0370. The Bertz CT molecular complexity index is 924. The fourth-order valence-corrected chi connectivity index (χ4v) is 3.39. The minimum Gasteiger partial charge on any atom is -0.497 e. The van der Waals surface area contributed by atoms with Crippen LogP contribution >= 0.6 is 0 Å². The number of aryl methyl sites for hydroxylation is 1. The number of benzene rings is 2. The first-order valence-corrected chi connectivity index (χ1v) is 9.89. The number of carbonyl (C=O) groups is 2. The second kappa shape index (κ2) is 9.34. The Kier molecular flexibility index (Phi) is 7.13. The molecule has 9 heteroatoms. The van der Waals surface area contributed by atoms with Gasteiger partial charge in [-0.05, 0) is 50.2 Å². The summed E-state index contributed by atoms with van der Waals surface area (Å²) in [6.07, 6.45) is 0. The zero-order chi connectivity index (χ0) is 20.7. The molecule has 28 heavy (non-hydrogen) atoms. The topological polar surface area (TPSA) is 111 Å². The Morgan fingerprint density at radius 1 is 1.04 bits per heavy atom. The number of amides is 1. The van der Waals surface area contributed by atoms with Gasteiger partial charge in [-0.3, -0.25) is 9.59 Å². The molecule has 0 unspecified atom stereocenters. The summed E-state index contributed by atoms with van der Waals surface area (Å²) in [5.41, 5.74) is 1.42. The van der Waals surface area contributed by atoms with Crippen molar-refractivity contribution in [1.82, 2.24) is 4.72 Å². The van der Waals surface area contributed by atoms with E-state index in [2.05, 4.69) is 10.0 Å². The van der Waals surface area contributed by atoms with Crippen LogP contribution in [0.2, 0.25) is 0 Å². The second-order valence-corrected chi connectivity index (χ2v) is 7.75. The smallest absolute Gasteiger partial charge is 0.324 e. The highest BCUT2D eigenvalue weighted by atomic mass is 32.2. The van der Waals surface area contributed by atoms with Gasteiger partial charge < -0.3 is 14.8 Å². The molecule has 0 heterocycles. The largest absolute Gasteiger partial charge is 0.497 e. The fraction of sp³-hybridized carbons (Fsp3) is 0.263. The van der Waals surface area contributed by atoms with Gasteiger partial charge in [-0.2, -0.15) is 4.72 Å². The first kappa shape index (κ1) is 21.4. The van der Waals surface area contributed by atoms with Crippen molar-refractivity contribution in [2.45, 2.75) is 24.8 Å². The van der Waals surface area contributed by atoms with Crippen LogP contribution in [0.3, 0.4) is 0 Å². The van der Waals surface area contributed by atoms with Gasteiger partial charge in [0.2, 0.25) is 10.0 Å². The van der Waals surface area contributed by atoms with E-state index in [0.717, 1.165) is 5.56 Å². The molecule has 0 spiro atoms. The van der Waals surface area contributed by atoms with Gasteiger partial charge in [0.15, 0.2) is 6.61 Å². The van der Waals surface area contributed by atoms with E-state index in [1.165, 1.54) is 26.2 Å². The van der Waals surface area contributed by atoms with E-state index in [0.29, 0.717) is 11.4 Å². The summed E-state index contributed by atoms with van der Waals surface area (Å²) in [5.74, 6) is -0.771. The molecule has 1 amide bonds. The average Bonchev–Trinajstić information content (AvgIpc) is 2.66. The highest BCUT2D eigenvalue weighted by Gasteiger charge is 2.23. The SMILES string of the molecule is COc1ccc(NC(=O)COC(=O)[C@H](C)NS(=O)(=O)c2ccc(C)cc2)cc1. The van der Waals surface area contributed by atoms with Crippen LogP contribution in [0.15, 0.2) is 53.4 Å². The van der Waals surface area contributed by atoms with Gasteiger partial charge in [0.25, 0.3) is 5.91 Å². The molecule has 0 aromatic heterocycles. The Balaban J connectivity index is 1.85. The Hall–Kier alpha value is -2.91. The van der Waals surface area contributed by atoms with Crippen molar-refractivity contribution in [2.24, 2.45) is 0 Å². The van der Waals surface area contributed by atoms with Gasteiger partial charge in [-0.1, -0.05) is 17.7 Å². The number of ether oxygens (including phenoxy) is 2. The maximum Gasteiger partial charge on any atom is 0.324 e. The van der Waals surface area contributed by atoms with Crippen molar-refractivity contribution < 1.29 is 27.5 Å². The number of nitrogens with one attached hydrogen (secondary N) is 2. The lowest BCUT2D eigenvalue weighted by atomic mass is 10.2. The van der Waals surface area contributed by atoms with Gasteiger partial charge in [-0.15, -0.1) is 0 Å². The number of methoxy groups -OCH3 is 1. The molecule has 0 saturated carbocycles. The number of hydrogen-bond acceptors (Lipinski definition) is 6. The molecule has 0 aliphatic heterocycles. The quantitative estimate of drug-likeness (QED) is 0.648. The van der Waals surface area contributed by atoms with Crippen LogP contribution in [0.25, 0.3) is 0 Å². The van der Waals surface area contributed by atoms with Gasteiger partial charge in [-0.25, -0.2) is 8.42 Å². The second-order valence-electron chi connectivity index (χ2n) is 6.04. The van der Waals surface area contributed by atoms with E-state index in [1.54, 1.807) is 36.4 Å². The minimum atomic E-state index is -3.88. The molecule has 0 fully saturated rings. The first-order chi connectivity index (χ1) is 13.2. The standard InChI is InChI=1S/C19H22N2O6S/c1-13-4-10-17(11-5-13)28(24,25)21-14(2)19(23)27-12-18(22)20-15-6-8-16(26-3)9-7-15/h4-11,14,21H,12H2,1-3H3,(H,20,22)/t14-/m0/s1. The number of anilines is 1. The van der Waals surface area contributed by atoms with Crippen LogP contribution in [0, 0.1) is 6.92 Å². The van der Waals surface area contributed by atoms with E-state index in [4.69, 9.17) is 9.47 Å². The lowest BCUT2D eigenvalue weighted by molar-refractivity contribution is -0.148. The average molecular weight is 406 g/mol. The third-order valence-corrected chi connectivity index (χ3v) is 5.29. The Labute approximate surface area is 163 Å². The van der Waals surface area contributed by atoms with Crippen molar-refractivity contribution >= 4 is 27.6 Å². The molecule has 0 saturated heterocycles. The van der Waals surface area contributed by atoms with Crippen molar-refractivity contribution in [3.8, 4) is 5.75 Å². The maximum absolute atomic E-state index is 12.3. The molecule has 0 bridgehead atoms. The fourth-order valence-electron chi connectivity index (χ4n) is 2.20. The van der Waals surface area contributed by atoms with Crippen molar-refractivity contribution in [3.63, 3.8) is 0 Å². The summed E-state index contributed by atoms with van der Waals surface area (Å²) in [5, 5.41) is 2.56. The normalized spacial score (nSPS) is 12.1. The first-order valence-electron chi connectivity index (χ1n) is 8.41. The van der Waals surface area contributed by atoms with Gasteiger partial charge >= 0.3 is 5.97 Å². The molecule has 0 aliphatic carbocycles. The molecular formula is C19H22N2O6S. The molecule has 2 rings (SSSR count). The highest BCUT2D eigenvalue weighted by molar-refractivity contribution is 7.89. The zero-order valence-electron chi connectivity index (χ0n) is 15.8. The predicted molar refractivity (Wildman–Crippen MR) is 104 cm³/mol. The maximum atomic E-state index is 12.3. The summed E-state index contributed by atoms with van der Waals surface area (Å²) in [4.78, 5) is 23.9. The summed E-state index contributed by atoms with van der Waals surface area (Å²) >= 11 is 0. The molecule has 8 nitrogen and oxygen atoms in total. The molecule has 2 N–H and O–H groups in total. The van der Waals surface area contributed by atoms with E-state index >= 15 is 0 Å². The third kappa shape index (κ3) is 6.07. The number of hydrogen-bond donors (Lipinski definition) is 2. The van der Waals surface area contributed by atoms with Crippen molar-refractivity contribution in [2.75, 3.05) is 19.0 Å². The van der Waals surface area contributed by atoms with Gasteiger partial charge in [0.1, 0.15) is 11.8 Å². The number of sulfonamides is 1. The van der Waals surface area contributed by atoms with Crippen LogP contribution in [-0.4, -0.2) is 40.1 Å². The molecule has 2 aromatic carbocycles. The van der Waals surface area contributed by atoms with Gasteiger partial charge in [0.05, 0.1) is 12.0 Å². The summed E-state index contributed by atoms with van der Waals surface area (Å²) < 4.78 is 36.7. The lowest BCUT2D eigenvalue weighted by Gasteiger charge is -2.14. The summed E-state index contributed by atoms with van der Waals surface area (Å²) in [7, 11) is -2.35. The number of carbonyl (C=O) groups excluding carboxylic acids is 2. The Morgan fingerprint density at radius 3 is 2.21 bits per heavy atom. The van der Waals surface area contributed by atoms with Crippen LogP contribution < -0.4 is 14.8 Å². The van der Waals surface area contributed by atoms with Crippen LogP contribution in [0.5, 0.6) is 5.75 Å². The van der Waals surface area contributed by atoms with Crippen LogP contribution in [-0.2, 0) is 24.3 Å². The molecule has 2 aromatic rings. The zero-order valence-corrected chi connectivity index (χ0v) is 16.6. The molecule has 0 aliphatic rings. The van der Waals surface area contributed by atoms with E-state index in [1.807, 2.05) is 6.92 Å². The monoisotopic (exact) mass is 406 g/mol. The Morgan fingerprint density at radius 2 is 1.64 bits per heavy atom. The van der Waals surface area contributed by atoms with Crippen LogP contribution in [0.4, 0.5) is 5.69 Å². The van der Waals surface area contributed by atoms with E-state index in [9.17, 15) is 18.0 Å². The summed E-state index contributed by atoms with van der Waals surface area (Å²) in [6.45, 7) is 2.64. The number of esters is 1. The van der Waals surface area contributed by atoms with E-state index < -0.39 is 34.5 Å². The van der Waals surface area contributed by atoms with Crippen LogP contribution in [0.1, 0.15) is 12.5 Å². The molecule has 1 atom stereocenters. The van der Waals surface area contributed by atoms with E-state index in [-0.39, 0.29) is 4.90 Å². The number of rotatable bonds is 8. The van der Waals surface area contributed by atoms with Gasteiger partial charge in [0, 0.05) is 5.69 Å². The summed E-state index contributed by atoms with van der Waals surface area (Å²) in [6, 6.07) is 11.7. The molecule has 0 radical (unpaired) electrons.